The predicted molar refractivity (Wildman–Crippen MR) is 49.6 cm³/mol. The molecule has 0 radical (unpaired) electrons. The monoisotopic (exact) mass is 165 g/mol. The highest BCUT2D eigenvalue weighted by Crippen LogP contribution is 2.10. The molecule has 0 saturated carbocycles. The SMILES string of the molecule is C=CCn1ccnc1C(N)CC. The first-order valence-corrected chi connectivity index (χ1v) is 4.17. The summed E-state index contributed by atoms with van der Waals surface area (Å²) in [5, 5.41) is 0. The van der Waals surface area contributed by atoms with Crippen molar-refractivity contribution in [1.29, 1.82) is 0 Å². The van der Waals surface area contributed by atoms with Gasteiger partial charge in [0.05, 0.1) is 6.04 Å². The molecule has 0 aliphatic heterocycles. The van der Waals surface area contributed by atoms with Crippen LogP contribution < -0.4 is 5.73 Å². The molecule has 0 spiro atoms. The molecule has 0 bridgehead atoms. The summed E-state index contributed by atoms with van der Waals surface area (Å²) in [4.78, 5) is 4.20. The van der Waals surface area contributed by atoms with Crippen molar-refractivity contribution in [3.05, 3.63) is 30.9 Å². The van der Waals surface area contributed by atoms with E-state index in [1.165, 1.54) is 0 Å². The third kappa shape index (κ3) is 1.74. The number of rotatable bonds is 4. The Kier molecular flexibility index (Phi) is 3.05. The molecule has 0 amide bonds. The zero-order chi connectivity index (χ0) is 8.97. The largest absolute Gasteiger partial charge is 0.330 e. The predicted octanol–water partition coefficient (Wildman–Crippen LogP) is 1.48. The van der Waals surface area contributed by atoms with Crippen LogP contribution in [0.2, 0.25) is 0 Å². The number of nitrogens with zero attached hydrogens (tertiary/aromatic N) is 2. The number of hydrogen-bond donors (Lipinski definition) is 1. The third-order valence-corrected chi connectivity index (χ3v) is 1.84. The molecule has 0 saturated heterocycles. The summed E-state index contributed by atoms with van der Waals surface area (Å²) in [6, 6.07) is 0.0416. The van der Waals surface area contributed by atoms with Gasteiger partial charge in [0, 0.05) is 18.9 Å². The first-order valence-electron chi connectivity index (χ1n) is 4.17. The molecule has 66 valence electrons. The lowest BCUT2D eigenvalue weighted by Crippen LogP contribution is -2.15. The van der Waals surface area contributed by atoms with Gasteiger partial charge >= 0.3 is 0 Å². The fourth-order valence-corrected chi connectivity index (χ4v) is 1.13. The molecule has 1 aromatic rings. The van der Waals surface area contributed by atoms with Gasteiger partial charge in [-0.1, -0.05) is 13.0 Å². The summed E-state index contributed by atoms with van der Waals surface area (Å²) < 4.78 is 2.02. The van der Waals surface area contributed by atoms with Gasteiger partial charge in [0.2, 0.25) is 0 Å². The van der Waals surface area contributed by atoms with Gasteiger partial charge in [-0.05, 0) is 6.42 Å². The van der Waals surface area contributed by atoms with Gasteiger partial charge in [-0.25, -0.2) is 4.98 Å². The molecule has 1 unspecified atom stereocenters. The maximum absolute atomic E-state index is 5.85. The molecule has 1 rings (SSSR count). The maximum Gasteiger partial charge on any atom is 0.125 e. The molecular weight excluding hydrogens is 150 g/mol. The molecule has 1 atom stereocenters. The molecular formula is C9H15N3. The van der Waals surface area contributed by atoms with E-state index in [2.05, 4.69) is 18.5 Å². The van der Waals surface area contributed by atoms with Crippen molar-refractivity contribution in [1.82, 2.24) is 9.55 Å². The summed E-state index contributed by atoms with van der Waals surface area (Å²) >= 11 is 0. The van der Waals surface area contributed by atoms with Crippen LogP contribution in [0.3, 0.4) is 0 Å². The number of imidazole rings is 1. The first-order chi connectivity index (χ1) is 5.79. The lowest BCUT2D eigenvalue weighted by Gasteiger charge is -2.09. The molecule has 2 N–H and O–H groups in total. The van der Waals surface area contributed by atoms with Crippen molar-refractivity contribution in [2.45, 2.75) is 25.9 Å². The van der Waals surface area contributed by atoms with Crippen LogP contribution in [0.25, 0.3) is 0 Å². The summed E-state index contributed by atoms with van der Waals surface area (Å²) in [6.45, 7) is 6.51. The van der Waals surface area contributed by atoms with Crippen LogP contribution in [-0.2, 0) is 6.54 Å². The normalized spacial score (nSPS) is 12.8. The summed E-state index contributed by atoms with van der Waals surface area (Å²) in [7, 11) is 0. The van der Waals surface area contributed by atoms with E-state index in [1.54, 1.807) is 6.20 Å². The molecule has 0 aliphatic rings. The van der Waals surface area contributed by atoms with E-state index < -0.39 is 0 Å². The minimum absolute atomic E-state index is 0.0416. The van der Waals surface area contributed by atoms with Crippen LogP contribution in [0.5, 0.6) is 0 Å². The standard InChI is InChI=1S/C9H15N3/c1-3-6-12-7-5-11-9(12)8(10)4-2/h3,5,7-8H,1,4,6,10H2,2H3. The van der Waals surface area contributed by atoms with Gasteiger partial charge in [-0.15, -0.1) is 6.58 Å². The average Bonchev–Trinajstić information content (AvgIpc) is 2.52. The number of allylic oxidation sites excluding steroid dienone is 1. The van der Waals surface area contributed by atoms with Crippen molar-refractivity contribution >= 4 is 0 Å². The van der Waals surface area contributed by atoms with Gasteiger partial charge in [0.15, 0.2) is 0 Å². The molecule has 0 fully saturated rings. The number of hydrogen-bond acceptors (Lipinski definition) is 2. The molecule has 0 aliphatic carbocycles. The fraction of sp³-hybridized carbons (Fsp3) is 0.444. The Balaban J connectivity index is 2.82. The van der Waals surface area contributed by atoms with Gasteiger partial charge in [0.1, 0.15) is 5.82 Å². The van der Waals surface area contributed by atoms with Crippen molar-refractivity contribution in [3.63, 3.8) is 0 Å². The second kappa shape index (κ2) is 4.07. The zero-order valence-electron chi connectivity index (χ0n) is 7.40. The second-order valence-corrected chi connectivity index (χ2v) is 2.74. The highest BCUT2D eigenvalue weighted by atomic mass is 15.1. The van der Waals surface area contributed by atoms with Gasteiger partial charge < -0.3 is 10.3 Å². The van der Waals surface area contributed by atoms with Crippen molar-refractivity contribution in [3.8, 4) is 0 Å². The van der Waals surface area contributed by atoms with E-state index >= 15 is 0 Å². The minimum Gasteiger partial charge on any atom is -0.330 e. The molecule has 3 heteroatoms. The molecule has 3 nitrogen and oxygen atoms in total. The Bertz CT molecular complexity index is 252. The number of aromatic nitrogens is 2. The van der Waals surface area contributed by atoms with E-state index in [1.807, 2.05) is 16.8 Å². The highest BCUT2D eigenvalue weighted by Gasteiger charge is 2.08. The van der Waals surface area contributed by atoms with Crippen LogP contribution in [0, 0.1) is 0 Å². The Labute approximate surface area is 72.9 Å². The molecule has 1 aromatic heterocycles. The third-order valence-electron chi connectivity index (χ3n) is 1.84. The first kappa shape index (κ1) is 9.00. The van der Waals surface area contributed by atoms with E-state index in [-0.39, 0.29) is 6.04 Å². The highest BCUT2D eigenvalue weighted by molar-refractivity contribution is 4.99. The Morgan fingerprint density at radius 1 is 1.83 bits per heavy atom. The summed E-state index contributed by atoms with van der Waals surface area (Å²) in [5.41, 5.74) is 5.85. The summed E-state index contributed by atoms with van der Waals surface area (Å²) in [5.74, 6) is 0.942. The van der Waals surface area contributed by atoms with Gasteiger partial charge in [-0.2, -0.15) is 0 Å². The Morgan fingerprint density at radius 3 is 3.17 bits per heavy atom. The zero-order valence-corrected chi connectivity index (χ0v) is 7.40. The van der Waals surface area contributed by atoms with Crippen LogP contribution in [0.1, 0.15) is 25.2 Å². The fourth-order valence-electron chi connectivity index (χ4n) is 1.13. The van der Waals surface area contributed by atoms with Crippen LogP contribution in [0.15, 0.2) is 25.0 Å². The van der Waals surface area contributed by atoms with Gasteiger partial charge in [0.25, 0.3) is 0 Å². The van der Waals surface area contributed by atoms with Gasteiger partial charge in [-0.3, -0.25) is 0 Å². The topological polar surface area (TPSA) is 43.8 Å². The molecule has 12 heavy (non-hydrogen) atoms. The van der Waals surface area contributed by atoms with Crippen molar-refractivity contribution < 1.29 is 0 Å². The van der Waals surface area contributed by atoms with E-state index in [9.17, 15) is 0 Å². The van der Waals surface area contributed by atoms with E-state index in [4.69, 9.17) is 5.73 Å². The average molecular weight is 165 g/mol. The van der Waals surface area contributed by atoms with Crippen molar-refractivity contribution in [2.75, 3.05) is 0 Å². The molecule has 1 heterocycles. The van der Waals surface area contributed by atoms with Crippen LogP contribution in [0.4, 0.5) is 0 Å². The number of nitrogens with two attached hydrogens (primary N) is 1. The summed E-state index contributed by atoms with van der Waals surface area (Å²) in [6.07, 6.45) is 6.45. The Hall–Kier alpha value is -1.09. The van der Waals surface area contributed by atoms with Crippen molar-refractivity contribution in [2.24, 2.45) is 5.73 Å². The van der Waals surface area contributed by atoms with Crippen LogP contribution in [-0.4, -0.2) is 9.55 Å². The molecule has 0 aromatic carbocycles. The maximum atomic E-state index is 5.85. The Morgan fingerprint density at radius 2 is 2.58 bits per heavy atom. The quantitative estimate of drug-likeness (QED) is 0.687. The minimum atomic E-state index is 0.0416. The van der Waals surface area contributed by atoms with Crippen LogP contribution >= 0.6 is 0 Å². The van der Waals surface area contributed by atoms with E-state index in [0.717, 1.165) is 18.8 Å². The second-order valence-electron chi connectivity index (χ2n) is 2.74. The van der Waals surface area contributed by atoms with E-state index in [0.29, 0.717) is 0 Å². The lowest BCUT2D eigenvalue weighted by molar-refractivity contribution is 0.602. The smallest absolute Gasteiger partial charge is 0.125 e. The lowest BCUT2D eigenvalue weighted by atomic mass is 10.2.